The average Bonchev–Trinajstić information content (AvgIpc) is 2.34. The molecule has 0 saturated heterocycles. The number of carbonyl (C=O) groups excluding carboxylic acids is 1. The first-order valence-electron chi connectivity index (χ1n) is 6.22. The molecular weight excluding hydrogens is 263 g/mol. The van der Waals surface area contributed by atoms with Crippen LogP contribution in [0, 0.1) is 0 Å². The van der Waals surface area contributed by atoms with E-state index in [2.05, 4.69) is 18.5 Å². The Morgan fingerprint density at radius 2 is 1.95 bits per heavy atom. The molecule has 1 N–H and O–H groups in total. The summed E-state index contributed by atoms with van der Waals surface area (Å²) in [6, 6.07) is -0.168. The zero-order valence-corrected chi connectivity index (χ0v) is 12.4. The van der Waals surface area contributed by atoms with Gasteiger partial charge < -0.3 is 19.7 Å². The Morgan fingerprint density at radius 3 is 2.45 bits per heavy atom. The van der Waals surface area contributed by atoms with Gasteiger partial charge >= 0.3 is 6.03 Å². The predicted molar refractivity (Wildman–Crippen MR) is 77.0 cm³/mol. The van der Waals surface area contributed by atoms with Gasteiger partial charge in [0.2, 0.25) is 0 Å². The van der Waals surface area contributed by atoms with Crippen molar-refractivity contribution in [1.29, 1.82) is 0 Å². The summed E-state index contributed by atoms with van der Waals surface area (Å²) in [5, 5.41) is 2.66. The van der Waals surface area contributed by atoms with Crippen LogP contribution < -0.4 is 5.32 Å². The number of hydrogen-bond donors (Lipinski definition) is 1. The molecule has 0 unspecified atom stereocenters. The summed E-state index contributed by atoms with van der Waals surface area (Å²) in [7, 11) is 3.32. The van der Waals surface area contributed by atoms with E-state index in [9.17, 15) is 9.18 Å². The van der Waals surface area contributed by atoms with Crippen molar-refractivity contribution >= 4 is 6.03 Å². The van der Waals surface area contributed by atoms with Crippen LogP contribution in [0.2, 0.25) is 0 Å². The van der Waals surface area contributed by atoms with Crippen LogP contribution in [0.4, 0.5) is 9.18 Å². The van der Waals surface area contributed by atoms with Gasteiger partial charge in [-0.2, -0.15) is 0 Å². The summed E-state index contributed by atoms with van der Waals surface area (Å²) in [4.78, 5) is 12.6. The van der Waals surface area contributed by atoms with E-state index in [1.807, 2.05) is 0 Å². The normalized spacial score (nSPS) is 10.9. The Kier molecular flexibility index (Phi) is 9.11. The van der Waals surface area contributed by atoms with Gasteiger partial charge in [0.15, 0.2) is 0 Å². The van der Waals surface area contributed by atoms with E-state index in [4.69, 9.17) is 9.47 Å². The van der Waals surface area contributed by atoms with E-state index < -0.39 is 5.83 Å². The lowest BCUT2D eigenvalue weighted by molar-refractivity contribution is 0.0794. The second-order valence-corrected chi connectivity index (χ2v) is 4.32. The monoisotopic (exact) mass is 286 g/mol. The van der Waals surface area contributed by atoms with E-state index in [1.165, 1.54) is 11.0 Å². The molecule has 114 valence electrons. The molecule has 2 amide bonds. The summed E-state index contributed by atoms with van der Waals surface area (Å²) in [5.41, 5.74) is 0.613. The minimum Gasteiger partial charge on any atom is -0.491 e. The molecule has 0 atom stereocenters. The zero-order chi connectivity index (χ0) is 15.5. The molecule has 0 bridgehead atoms. The summed E-state index contributed by atoms with van der Waals surface area (Å²) < 4.78 is 23.2. The maximum Gasteiger partial charge on any atom is 0.316 e. The second kappa shape index (κ2) is 10.0. The van der Waals surface area contributed by atoms with Crippen LogP contribution in [0.25, 0.3) is 0 Å². The average molecular weight is 286 g/mol. The van der Waals surface area contributed by atoms with Gasteiger partial charge in [-0.05, 0) is 12.5 Å². The van der Waals surface area contributed by atoms with Gasteiger partial charge in [0.25, 0.3) is 0 Å². The molecule has 6 heteroatoms. The highest BCUT2D eigenvalue weighted by atomic mass is 19.1. The number of nitrogens with one attached hydrogen (secondary N) is 1. The summed E-state index contributed by atoms with van der Waals surface area (Å²) in [5.74, 6) is -0.239. The minimum atomic E-state index is -0.588. The van der Waals surface area contributed by atoms with Gasteiger partial charge in [-0.3, -0.25) is 0 Å². The molecule has 0 rings (SSSR count). The highest BCUT2D eigenvalue weighted by molar-refractivity contribution is 5.73. The molecule has 0 fully saturated rings. The molecule has 0 aliphatic rings. The highest BCUT2D eigenvalue weighted by Crippen LogP contribution is 2.11. The number of hydrogen-bond acceptors (Lipinski definition) is 3. The third-order valence-corrected chi connectivity index (χ3v) is 2.12. The Balaban J connectivity index is 3.73. The summed E-state index contributed by atoms with van der Waals surface area (Å²) in [6.07, 6.45) is 1.18. The molecule has 0 saturated carbocycles. The Morgan fingerprint density at radius 1 is 1.30 bits per heavy atom. The Hall–Kier alpha value is -1.82. The standard InChI is InChI=1S/C14H23FN2O3/c1-11(2)13(10-12(3)15)20-9-8-19-7-6-16-14(18)17(4)5/h10H,1,3,6-9H2,2,4-5H3,(H,16,18)/b13-10+. The number of amides is 2. The lowest BCUT2D eigenvalue weighted by Crippen LogP contribution is -2.36. The van der Waals surface area contributed by atoms with Crippen LogP contribution in [0.3, 0.4) is 0 Å². The van der Waals surface area contributed by atoms with Crippen molar-refractivity contribution in [3.05, 3.63) is 36.4 Å². The molecule has 0 aliphatic heterocycles. The van der Waals surface area contributed by atoms with Crippen molar-refractivity contribution in [1.82, 2.24) is 10.2 Å². The van der Waals surface area contributed by atoms with E-state index in [0.29, 0.717) is 31.1 Å². The lowest BCUT2D eigenvalue weighted by Gasteiger charge is -2.12. The first-order chi connectivity index (χ1) is 9.34. The van der Waals surface area contributed by atoms with Gasteiger partial charge in [-0.15, -0.1) is 0 Å². The number of carbonyl (C=O) groups is 1. The van der Waals surface area contributed by atoms with E-state index in [1.54, 1.807) is 21.0 Å². The fourth-order valence-electron chi connectivity index (χ4n) is 1.13. The second-order valence-electron chi connectivity index (χ2n) is 4.32. The topological polar surface area (TPSA) is 50.8 Å². The van der Waals surface area contributed by atoms with Crippen LogP contribution in [0.15, 0.2) is 36.4 Å². The van der Waals surface area contributed by atoms with Crippen molar-refractivity contribution in [2.24, 2.45) is 0 Å². The molecular formula is C14H23FN2O3. The molecule has 0 spiro atoms. The van der Waals surface area contributed by atoms with Gasteiger partial charge in [0, 0.05) is 26.7 Å². The first-order valence-corrected chi connectivity index (χ1v) is 6.22. The number of ether oxygens (including phenoxy) is 2. The van der Waals surface area contributed by atoms with Gasteiger partial charge in [0.1, 0.15) is 18.2 Å². The third kappa shape index (κ3) is 9.16. The van der Waals surface area contributed by atoms with Crippen LogP contribution >= 0.6 is 0 Å². The number of halogens is 1. The molecule has 0 aliphatic carbocycles. The molecule has 0 aromatic carbocycles. The number of allylic oxidation sites excluding steroid dienone is 3. The smallest absolute Gasteiger partial charge is 0.316 e. The van der Waals surface area contributed by atoms with Crippen LogP contribution in [-0.4, -0.2) is 51.4 Å². The molecule has 20 heavy (non-hydrogen) atoms. The van der Waals surface area contributed by atoms with Crippen molar-refractivity contribution in [3.8, 4) is 0 Å². The lowest BCUT2D eigenvalue weighted by atomic mass is 10.2. The predicted octanol–water partition coefficient (Wildman–Crippen LogP) is 2.23. The largest absolute Gasteiger partial charge is 0.491 e. The molecule has 0 aromatic heterocycles. The quantitative estimate of drug-likeness (QED) is 0.402. The van der Waals surface area contributed by atoms with Gasteiger partial charge in [-0.25, -0.2) is 9.18 Å². The first kappa shape index (κ1) is 18.2. The minimum absolute atomic E-state index is 0.168. The highest BCUT2D eigenvalue weighted by Gasteiger charge is 2.02. The molecule has 0 heterocycles. The van der Waals surface area contributed by atoms with Crippen LogP contribution in [-0.2, 0) is 9.47 Å². The SMILES string of the molecule is C=C(F)/C=C(/OCCOCCNC(=O)N(C)C)C(=C)C. The van der Waals surface area contributed by atoms with Crippen LogP contribution in [0.1, 0.15) is 6.92 Å². The molecule has 5 nitrogen and oxygen atoms in total. The van der Waals surface area contributed by atoms with Gasteiger partial charge in [-0.1, -0.05) is 13.2 Å². The van der Waals surface area contributed by atoms with Crippen molar-refractivity contribution in [2.75, 3.05) is 40.5 Å². The number of rotatable bonds is 9. The Labute approximate surface area is 119 Å². The van der Waals surface area contributed by atoms with Crippen molar-refractivity contribution in [3.63, 3.8) is 0 Å². The maximum absolute atomic E-state index is 12.7. The third-order valence-electron chi connectivity index (χ3n) is 2.12. The fraction of sp³-hybridized carbons (Fsp3) is 0.500. The van der Waals surface area contributed by atoms with E-state index >= 15 is 0 Å². The van der Waals surface area contributed by atoms with Gasteiger partial charge in [0.05, 0.1) is 13.2 Å². The van der Waals surface area contributed by atoms with E-state index in [-0.39, 0.29) is 12.6 Å². The fourth-order valence-corrected chi connectivity index (χ4v) is 1.13. The van der Waals surface area contributed by atoms with Crippen LogP contribution in [0.5, 0.6) is 0 Å². The zero-order valence-electron chi connectivity index (χ0n) is 12.4. The molecule has 0 aromatic rings. The Bertz CT molecular complexity index is 379. The maximum atomic E-state index is 12.7. The van der Waals surface area contributed by atoms with Crippen molar-refractivity contribution in [2.45, 2.75) is 6.92 Å². The number of urea groups is 1. The van der Waals surface area contributed by atoms with Crippen molar-refractivity contribution < 1.29 is 18.7 Å². The summed E-state index contributed by atoms with van der Waals surface area (Å²) in [6.45, 7) is 9.93. The van der Waals surface area contributed by atoms with E-state index in [0.717, 1.165) is 0 Å². The molecule has 0 radical (unpaired) electrons. The summed E-state index contributed by atoms with van der Waals surface area (Å²) >= 11 is 0. The number of nitrogens with zero attached hydrogens (tertiary/aromatic N) is 1.